The largest absolute Gasteiger partial charge is 0.504 e. The summed E-state index contributed by atoms with van der Waals surface area (Å²) < 4.78 is 0. The van der Waals surface area contributed by atoms with Gasteiger partial charge in [-0.2, -0.15) is 0 Å². The molecule has 13 heavy (non-hydrogen) atoms. The van der Waals surface area contributed by atoms with Crippen LogP contribution in [0.2, 0.25) is 0 Å². The van der Waals surface area contributed by atoms with E-state index in [2.05, 4.69) is 0 Å². The van der Waals surface area contributed by atoms with Gasteiger partial charge in [0.15, 0.2) is 11.5 Å². The van der Waals surface area contributed by atoms with Crippen LogP contribution < -0.4 is 0 Å². The SMILES string of the molecule is CC(Cl)CCc1ccc(O)c(O)c1. The van der Waals surface area contributed by atoms with Crippen LogP contribution in [0.4, 0.5) is 0 Å². The molecule has 0 aliphatic carbocycles. The molecule has 0 spiro atoms. The zero-order valence-corrected chi connectivity index (χ0v) is 8.25. The lowest BCUT2D eigenvalue weighted by molar-refractivity contribution is 0.403. The minimum Gasteiger partial charge on any atom is -0.504 e. The Hall–Kier alpha value is -0.890. The molecular formula is C10H13ClO2. The molecule has 0 bridgehead atoms. The second-order valence-corrected chi connectivity index (χ2v) is 3.89. The fraction of sp³-hybridized carbons (Fsp3) is 0.400. The minimum absolute atomic E-state index is 0.0697. The molecule has 1 rings (SSSR count). The second-order valence-electron chi connectivity index (χ2n) is 3.14. The first-order valence-corrected chi connectivity index (χ1v) is 4.68. The van der Waals surface area contributed by atoms with Crippen molar-refractivity contribution in [3.8, 4) is 11.5 Å². The van der Waals surface area contributed by atoms with Crippen LogP contribution in [0.5, 0.6) is 11.5 Å². The molecule has 1 unspecified atom stereocenters. The number of aromatic hydroxyl groups is 2. The van der Waals surface area contributed by atoms with Crippen molar-refractivity contribution in [1.82, 2.24) is 0 Å². The lowest BCUT2D eigenvalue weighted by atomic mass is 10.1. The normalized spacial score (nSPS) is 12.8. The van der Waals surface area contributed by atoms with Crippen molar-refractivity contribution < 1.29 is 10.2 Å². The number of alkyl halides is 1. The second kappa shape index (κ2) is 4.38. The van der Waals surface area contributed by atoms with Gasteiger partial charge in [-0.05, 0) is 37.5 Å². The van der Waals surface area contributed by atoms with Crippen molar-refractivity contribution >= 4 is 11.6 Å². The highest BCUT2D eigenvalue weighted by Gasteiger charge is 2.02. The van der Waals surface area contributed by atoms with E-state index in [1.54, 1.807) is 12.1 Å². The molecule has 0 fully saturated rings. The summed E-state index contributed by atoms with van der Waals surface area (Å²) in [5, 5.41) is 18.4. The number of phenolic OH excluding ortho intramolecular Hbond substituents is 2. The van der Waals surface area contributed by atoms with Crippen molar-refractivity contribution in [2.75, 3.05) is 0 Å². The fourth-order valence-electron chi connectivity index (χ4n) is 1.09. The third kappa shape index (κ3) is 3.15. The first kappa shape index (κ1) is 10.2. The molecule has 0 saturated carbocycles. The fourth-order valence-corrected chi connectivity index (χ4v) is 1.20. The highest BCUT2D eigenvalue weighted by molar-refractivity contribution is 6.20. The van der Waals surface area contributed by atoms with Crippen LogP contribution in [0.3, 0.4) is 0 Å². The summed E-state index contributed by atoms with van der Waals surface area (Å²) in [6.07, 6.45) is 1.68. The molecule has 0 aliphatic heterocycles. The Morgan fingerprint density at radius 1 is 1.31 bits per heavy atom. The monoisotopic (exact) mass is 200 g/mol. The Balaban J connectivity index is 2.63. The molecular weight excluding hydrogens is 188 g/mol. The van der Waals surface area contributed by atoms with E-state index in [1.807, 2.05) is 6.92 Å². The molecule has 1 aromatic carbocycles. The molecule has 3 heteroatoms. The predicted molar refractivity (Wildman–Crippen MR) is 53.4 cm³/mol. The summed E-state index contributed by atoms with van der Waals surface area (Å²) in [6, 6.07) is 4.84. The van der Waals surface area contributed by atoms with E-state index in [0.717, 1.165) is 18.4 Å². The van der Waals surface area contributed by atoms with Crippen LogP contribution in [0.15, 0.2) is 18.2 Å². The average molecular weight is 201 g/mol. The Labute approximate surface area is 82.8 Å². The maximum absolute atomic E-state index is 9.18. The van der Waals surface area contributed by atoms with Crippen molar-refractivity contribution in [2.45, 2.75) is 25.1 Å². The van der Waals surface area contributed by atoms with E-state index in [9.17, 15) is 5.11 Å². The van der Waals surface area contributed by atoms with Crippen LogP contribution in [-0.2, 0) is 6.42 Å². The van der Waals surface area contributed by atoms with E-state index in [0.29, 0.717) is 0 Å². The Kier molecular flexibility index (Phi) is 3.43. The molecule has 1 atom stereocenters. The summed E-state index contributed by atoms with van der Waals surface area (Å²) in [4.78, 5) is 0. The number of halogens is 1. The standard InChI is InChI=1S/C10H13ClO2/c1-7(11)2-3-8-4-5-9(12)10(13)6-8/h4-7,12-13H,2-3H2,1H3. The van der Waals surface area contributed by atoms with Gasteiger partial charge in [0.2, 0.25) is 0 Å². The molecule has 0 amide bonds. The van der Waals surface area contributed by atoms with Gasteiger partial charge in [0.05, 0.1) is 0 Å². The summed E-state index contributed by atoms with van der Waals surface area (Å²) in [6.45, 7) is 1.93. The number of benzene rings is 1. The topological polar surface area (TPSA) is 40.5 Å². The molecule has 2 N–H and O–H groups in total. The van der Waals surface area contributed by atoms with Gasteiger partial charge in [0.25, 0.3) is 0 Å². The number of phenols is 2. The van der Waals surface area contributed by atoms with E-state index in [4.69, 9.17) is 16.7 Å². The molecule has 0 aromatic heterocycles. The van der Waals surface area contributed by atoms with Gasteiger partial charge in [-0.3, -0.25) is 0 Å². The molecule has 1 aromatic rings. The van der Waals surface area contributed by atoms with Crippen molar-refractivity contribution in [3.05, 3.63) is 23.8 Å². The lowest BCUT2D eigenvalue weighted by Gasteiger charge is -2.04. The summed E-state index contributed by atoms with van der Waals surface area (Å²) in [7, 11) is 0. The average Bonchev–Trinajstić information content (AvgIpc) is 2.07. The summed E-state index contributed by atoms with van der Waals surface area (Å²) in [5.74, 6) is -0.151. The van der Waals surface area contributed by atoms with Crippen molar-refractivity contribution in [2.24, 2.45) is 0 Å². The smallest absolute Gasteiger partial charge is 0.157 e. The van der Waals surface area contributed by atoms with E-state index in [-0.39, 0.29) is 16.9 Å². The first-order valence-electron chi connectivity index (χ1n) is 4.24. The Morgan fingerprint density at radius 2 is 2.00 bits per heavy atom. The molecule has 2 nitrogen and oxygen atoms in total. The zero-order chi connectivity index (χ0) is 9.84. The Bertz CT molecular complexity index is 284. The number of hydrogen-bond acceptors (Lipinski definition) is 2. The van der Waals surface area contributed by atoms with Gasteiger partial charge in [-0.1, -0.05) is 6.07 Å². The summed E-state index contributed by atoms with van der Waals surface area (Å²) in [5.41, 5.74) is 0.989. The molecule has 72 valence electrons. The first-order chi connectivity index (χ1) is 6.09. The lowest BCUT2D eigenvalue weighted by Crippen LogP contribution is -1.94. The van der Waals surface area contributed by atoms with Crippen LogP contribution in [0.25, 0.3) is 0 Å². The van der Waals surface area contributed by atoms with Gasteiger partial charge >= 0.3 is 0 Å². The van der Waals surface area contributed by atoms with Crippen molar-refractivity contribution in [1.29, 1.82) is 0 Å². The third-order valence-corrected chi connectivity index (χ3v) is 2.09. The quantitative estimate of drug-likeness (QED) is 0.582. The van der Waals surface area contributed by atoms with E-state index < -0.39 is 0 Å². The molecule has 0 saturated heterocycles. The molecule has 0 heterocycles. The maximum Gasteiger partial charge on any atom is 0.157 e. The van der Waals surface area contributed by atoms with E-state index in [1.165, 1.54) is 6.07 Å². The zero-order valence-electron chi connectivity index (χ0n) is 7.50. The summed E-state index contributed by atoms with van der Waals surface area (Å²) >= 11 is 5.79. The minimum atomic E-state index is -0.0809. The Morgan fingerprint density at radius 3 is 2.54 bits per heavy atom. The number of rotatable bonds is 3. The molecule has 0 aliphatic rings. The third-order valence-electron chi connectivity index (χ3n) is 1.87. The van der Waals surface area contributed by atoms with Gasteiger partial charge in [0.1, 0.15) is 0 Å². The van der Waals surface area contributed by atoms with E-state index >= 15 is 0 Å². The van der Waals surface area contributed by atoms with Gasteiger partial charge in [-0.25, -0.2) is 0 Å². The maximum atomic E-state index is 9.18. The predicted octanol–water partition coefficient (Wildman–Crippen LogP) is 2.66. The van der Waals surface area contributed by atoms with Crippen LogP contribution in [0, 0.1) is 0 Å². The van der Waals surface area contributed by atoms with Crippen molar-refractivity contribution in [3.63, 3.8) is 0 Å². The van der Waals surface area contributed by atoms with Crippen LogP contribution in [-0.4, -0.2) is 15.6 Å². The highest BCUT2D eigenvalue weighted by Crippen LogP contribution is 2.25. The van der Waals surface area contributed by atoms with Crippen LogP contribution >= 0.6 is 11.6 Å². The van der Waals surface area contributed by atoms with Gasteiger partial charge in [0, 0.05) is 5.38 Å². The van der Waals surface area contributed by atoms with Crippen LogP contribution in [0.1, 0.15) is 18.9 Å². The molecule has 0 radical (unpaired) electrons. The number of aryl methyl sites for hydroxylation is 1. The highest BCUT2D eigenvalue weighted by atomic mass is 35.5. The van der Waals surface area contributed by atoms with Gasteiger partial charge in [-0.15, -0.1) is 11.6 Å². The van der Waals surface area contributed by atoms with Gasteiger partial charge < -0.3 is 10.2 Å². The number of hydrogen-bond donors (Lipinski definition) is 2.